The molecule has 0 saturated carbocycles. The van der Waals surface area contributed by atoms with Crippen LogP contribution in [0.3, 0.4) is 0 Å². The Morgan fingerprint density at radius 1 is 1.19 bits per heavy atom. The zero-order valence-corrected chi connectivity index (χ0v) is 16.2. The Kier molecular flexibility index (Phi) is 6.49. The Morgan fingerprint density at radius 2 is 1.96 bits per heavy atom. The predicted octanol–water partition coefficient (Wildman–Crippen LogP) is 2.73. The van der Waals surface area contributed by atoms with E-state index >= 15 is 0 Å². The lowest BCUT2D eigenvalue weighted by molar-refractivity contribution is 0.0951. The Hall–Kier alpha value is -1.93. The van der Waals surface area contributed by atoms with E-state index in [1.807, 2.05) is 12.1 Å². The van der Waals surface area contributed by atoms with Gasteiger partial charge in [-0.05, 0) is 54.8 Å². The van der Waals surface area contributed by atoms with E-state index in [0.717, 1.165) is 18.4 Å². The van der Waals surface area contributed by atoms with Crippen molar-refractivity contribution in [2.75, 3.05) is 13.2 Å². The van der Waals surface area contributed by atoms with Gasteiger partial charge in [0.05, 0.1) is 11.0 Å². The molecule has 3 rings (SSSR count). The molecule has 27 heavy (non-hydrogen) atoms. The second-order valence-electron chi connectivity index (χ2n) is 6.32. The fourth-order valence-electron chi connectivity index (χ4n) is 2.81. The van der Waals surface area contributed by atoms with Crippen molar-refractivity contribution in [2.24, 2.45) is 0 Å². The van der Waals surface area contributed by atoms with Gasteiger partial charge in [0.15, 0.2) is 0 Å². The number of hydrogen-bond donors (Lipinski definition) is 2. The fraction of sp³-hybridized carbons (Fsp3) is 0.316. The second-order valence-corrected chi connectivity index (χ2v) is 8.53. The SMILES string of the molecule is O=C(NCc1cccc(Cl)c1)c1ccc(S(=O)(=O)NC[C@H]2CCCO2)cc1. The number of carbonyl (C=O) groups is 1. The van der Waals surface area contributed by atoms with Crippen LogP contribution in [-0.4, -0.2) is 33.6 Å². The van der Waals surface area contributed by atoms with Crippen molar-refractivity contribution in [3.05, 3.63) is 64.7 Å². The number of sulfonamides is 1. The standard InChI is InChI=1S/C19H21ClN2O4S/c20-16-4-1-3-14(11-16)12-21-19(23)15-6-8-18(9-7-15)27(24,25)22-13-17-5-2-10-26-17/h1,3-4,6-9,11,17,22H,2,5,10,12-13H2,(H,21,23)/t17-/m1/s1. The summed E-state index contributed by atoms with van der Waals surface area (Å²) in [6.07, 6.45) is 1.73. The smallest absolute Gasteiger partial charge is 0.251 e. The van der Waals surface area contributed by atoms with E-state index in [0.29, 0.717) is 23.7 Å². The highest BCUT2D eigenvalue weighted by atomic mass is 35.5. The molecule has 144 valence electrons. The van der Waals surface area contributed by atoms with E-state index in [1.54, 1.807) is 12.1 Å². The van der Waals surface area contributed by atoms with Gasteiger partial charge in [0.2, 0.25) is 10.0 Å². The van der Waals surface area contributed by atoms with E-state index < -0.39 is 10.0 Å². The van der Waals surface area contributed by atoms with Crippen molar-refractivity contribution in [1.29, 1.82) is 0 Å². The summed E-state index contributed by atoms with van der Waals surface area (Å²) in [6.45, 7) is 1.26. The molecule has 1 aliphatic rings. The van der Waals surface area contributed by atoms with E-state index in [1.165, 1.54) is 24.3 Å². The van der Waals surface area contributed by atoms with Crippen molar-refractivity contribution in [1.82, 2.24) is 10.0 Å². The highest BCUT2D eigenvalue weighted by Gasteiger charge is 2.20. The summed E-state index contributed by atoms with van der Waals surface area (Å²) < 4.78 is 32.6. The Balaban J connectivity index is 1.57. The maximum absolute atomic E-state index is 12.3. The predicted molar refractivity (Wildman–Crippen MR) is 103 cm³/mol. The van der Waals surface area contributed by atoms with Crippen LogP contribution in [0.1, 0.15) is 28.8 Å². The topological polar surface area (TPSA) is 84.5 Å². The van der Waals surface area contributed by atoms with E-state index in [9.17, 15) is 13.2 Å². The average molecular weight is 409 g/mol. The molecule has 2 aromatic rings. The lowest BCUT2D eigenvalue weighted by Gasteiger charge is -2.12. The third-order valence-corrected chi connectivity index (χ3v) is 5.97. The first kappa shape index (κ1) is 19.8. The number of hydrogen-bond acceptors (Lipinski definition) is 4. The van der Waals surface area contributed by atoms with Crippen LogP contribution >= 0.6 is 11.6 Å². The van der Waals surface area contributed by atoms with Gasteiger partial charge in [-0.2, -0.15) is 0 Å². The molecule has 1 atom stereocenters. The molecular formula is C19H21ClN2O4S. The van der Waals surface area contributed by atoms with Gasteiger partial charge < -0.3 is 10.1 Å². The molecule has 0 unspecified atom stereocenters. The Morgan fingerprint density at radius 3 is 2.63 bits per heavy atom. The number of nitrogens with one attached hydrogen (secondary N) is 2. The van der Waals surface area contributed by atoms with E-state index in [-0.39, 0.29) is 23.5 Å². The third-order valence-electron chi connectivity index (χ3n) is 4.29. The maximum atomic E-state index is 12.3. The summed E-state index contributed by atoms with van der Waals surface area (Å²) in [4.78, 5) is 12.4. The zero-order valence-electron chi connectivity index (χ0n) is 14.7. The van der Waals surface area contributed by atoms with E-state index in [4.69, 9.17) is 16.3 Å². The zero-order chi connectivity index (χ0) is 19.3. The van der Waals surface area contributed by atoms with Crippen molar-refractivity contribution < 1.29 is 17.9 Å². The summed E-state index contributed by atoms with van der Waals surface area (Å²) in [5, 5.41) is 3.39. The van der Waals surface area contributed by atoms with Crippen molar-refractivity contribution in [3.63, 3.8) is 0 Å². The van der Waals surface area contributed by atoms with Crippen LogP contribution in [0.25, 0.3) is 0 Å². The lowest BCUT2D eigenvalue weighted by Crippen LogP contribution is -2.31. The number of benzene rings is 2. The number of carbonyl (C=O) groups excluding carboxylic acids is 1. The summed E-state index contributed by atoms with van der Waals surface area (Å²) >= 11 is 5.92. The van der Waals surface area contributed by atoms with Gasteiger partial charge in [-0.3, -0.25) is 4.79 Å². The van der Waals surface area contributed by atoms with Crippen molar-refractivity contribution in [3.8, 4) is 0 Å². The summed E-state index contributed by atoms with van der Waals surface area (Å²) in [5.41, 5.74) is 1.27. The van der Waals surface area contributed by atoms with E-state index in [2.05, 4.69) is 10.0 Å². The van der Waals surface area contributed by atoms with Gasteiger partial charge >= 0.3 is 0 Å². The molecule has 0 spiro atoms. The van der Waals surface area contributed by atoms with Gasteiger partial charge in [-0.25, -0.2) is 13.1 Å². The van der Waals surface area contributed by atoms with Gasteiger partial charge in [0.25, 0.3) is 5.91 Å². The van der Waals surface area contributed by atoms with Crippen LogP contribution in [0.4, 0.5) is 0 Å². The summed E-state index contributed by atoms with van der Waals surface area (Å²) in [5.74, 6) is -0.286. The molecule has 1 heterocycles. The molecule has 1 fully saturated rings. The minimum Gasteiger partial charge on any atom is -0.377 e. The summed E-state index contributed by atoms with van der Waals surface area (Å²) in [7, 11) is -3.63. The monoisotopic (exact) mass is 408 g/mol. The fourth-order valence-corrected chi connectivity index (χ4v) is 4.09. The molecule has 2 aromatic carbocycles. The average Bonchev–Trinajstić information content (AvgIpc) is 3.18. The number of halogens is 1. The molecule has 0 aromatic heterocycles. The molecule has 0 bridgehead atoms. The van der Waals surface area contributed by atoms with Crippen molar-refractivity contribution >= 4 is 27.5 Å². The minimum atomic E-state index is -3.63. The molecule has 6 nitrogen and oxygen atoms in total. The Bertz CT molecular complexity index is 894. The van der Waals surface area contributed by atoms with Crippen LogP contribution in [0.2, 0.25) is 5.02 Å². The van der Waals surface area contributed by atoms with Gasteiger partial charge in [-0.15, -0.1) is 0 Å². The van der Waals surface area contributed by atoms with Gasteiger partial charge in [-0.1, -0.05) is 23.7 Å². The summed E-state index contributed by atoms with van der Waals surface area (Å²) in [6, 6.07) is 13.0. The van der Waals surface area contributed by atoms with Crippen LogP contribution < -0.4 is 10.0 Å². The first-order chi connectivity index (χ1) is 12.9. The quantitative estimate of drug-likeness (QED) is 0.737. The van der Waals surface area contributed by atoms with Crippen LogP contribution in [0.15, 0.2) is 53.4 Å². The number of ether oxygens (including phenoxy) is 1. The van der Waals surface area contributed by atoms with Gasteiger partial charge in [0, 0.05) is 30.3 Å². The molecule has 1 amide bonds. The van der Waals surface area contributed by atoms with Crippen LogP contribution in [0.5, 0.6) is 0 Å². The highest BCUT2D eigenvalue weighted by Crippen LogP contribution is 2.14. The third kappa shape index (κ3) is 5.52. The van der Waals surface area contributed by atoms with Crippen LogP contribution in [0, 0.1) is 0 Å². The highest BCUT2D eigenvalue weighted by molar-refractivity contribution is 7.89. The number of amides is 1. The first-order valence-corrected chi connectivity index (χ1v) is 10.5. The minimum absolute atomic E-state index is 0.0729. The normalized spacial score (nSPS) is 17.0. The molecule has 0 radical (unpaired) electrons. The lowest BCUT2D eigenvalue weighted by atomic mass is 10.2. The molecule has 8 heteroatoms. The first-order valence-electron chi connectivity index (χ1n) is 8.68. The molecule has 1 saturated heterocycles. The molecule has 0 aliphatic carbocycles. The molecule has 2 N–H and O–H groups in total. The van der Waals surface area contributed by atoms with Crippen molar-refractivity contribution in [2.45, 2.75) is 30.4 Å². The molecular weight excluding hydrogens is 388 g/mol. The second kappa shape index (κ2) is 8.84. The maximum Gasteiger partial charge on any atom is 0.251 e. The largest absolute Gasteiger partial charge is 0.377 e. The van der Waals surface area contributed by atoms with Gasteiger partial charge in [0.1, 0.15) is 0 Å². The number of rotatable bonds is 7. The molecule has 1 aliphatic heterocycles. The van der Waals surface area contributed by atoms with Crippen LogP contribution in [-0.2, 0) is 21.3 Å². The Labute approximate surface area is 163 Å².